The van der Waals surface area contributed by atoms with Crippen LogP contribution in [0.5, 0.6) is 0 Å². The average Bonchev–Trinajstić information content (AvgIpc) is 2.34. The van der Waals surface area contributed by atoms with Crippen LogP contribution in [0.15, 0.2) is 24.3 Å². The molecule has 5 heteroatoms. The molecule has 0 radical (unpaired) electrons. The maximum atomic E-state index is 11.2. The maximum absolute atomic E-state index is 11.2. The molecule has 0 spiro atoms. The molecule has 1 aromatic rings. The molecule has 17 heavy (non-hydrogen) atoms. The lowest BCUT2D eigenvalue weighted by Gasteiger charge is -2.04. The highest BCUT2D eigenvalue weighted by molar-refractivity contribution is 7.84. The Kier molecular flexibility index (Phi) is 5.86. The minimum Gasteiger partial charge on any atom is -0.465 e. The first-order chi connectivity index (χ1) is 8.13. The largest absolute Gasteiger partial charge is 0.465 e. The van der Waals surface area contributed by atoms with Crippen molar-refractivity contribution in [2.45, 2.75) is 6.54 Å². The van der Waals surface area contributed by atoms with Gasteiger partial charge in [0.2, 0.25) is 0 Å². The Morgan fingerprint density at radius 2 is 2.00 bits per heavy atom. The number of hydrogen-bond donors (Lipinski definition) is 1. The van der Waals surface area contributed by atoms with Gasteiger partial charge in [-0.3, -0.25) is 4.21 Å². The number of benzene rings is 1. The normalized spacial score (nSPS) is 12.1. The Bertz CT molecular complexity index is 389. The van der Waals surface area contributed by atoms with Gasteiger partial charge in [0.15, 0.2) is 0 Å². The van der Waals surface area contributed by atoms with Gasteiger partial charge in [-0.1, -0.05) is 12.1 Å². The standard InChI is InChI=1S/C12H17NO3S/c1-16-12(14)11-5-3-10(4-6-11)9-13-7-8-17(2)15/h3-6,13H,7-9H2,1-2H3. The van der Waals surface area contributed by atoms with Gasteiger partial charge in [-0.2, -0.15) is 0 Å². The van der Waals surface area contributed by atoms with Crippen LogP contribution in [0.25, 0.3) is 0 Å². The second-order valence-electron chi connectivity index (χ2n) is 3.64. The first kappa shape index (κ1) is 13.9. The number of methoxy groups -OCH3 is 1. The SMILES string of the molecule is COC(=O)c1ccc(CNCCS(C)=O)cc1. The van der Waals surface area contributed by atoms with Crippen LogP contribution in [0.1, 0.15) is 15.9 Å². The molecular formula is C12H17NO3S. The van der Waals surface area contributed by atoms with Crippen molar-refractivity contribution in [3.63, 3.8) is 0 Å². The summed E-state index contributed by atoms with van der Waals surface area (Å²) in [5.74, 6) is 0.325. The Balaban J connectivity index is 2.40. The summed E-state index contributed by atoms with van der Waals surface area (Å²) in [4.78, 5) is 11.2. The van der Waals surface area contributed by atoms with Crippen LogP contribution >= 0.6 is 0 Å². The van der Waals surface area contributed by atoms with Gasteiger partial charge in [-0.05, 0) is 17.7 Å². The fourth-order valence-corrected chi connectivity index (χ4v) is 1.76. The van der Waals surface area contributed by atoms with E-state index in [4.69, 9.17) is 0 Å². The quantitative estimate of drug-likeness (QED) is 0.607. The van der Waals surface area contributed by atoms with Gasteiger partial charge in [-0.25, -0.2) is 4.79 Å². The predicted octanol–water partition coefficient (Wildman–Crippen LogP) is 0.941. The highest BCUT2D eigenvalue weighted by Crippen LogP contribution is 2.05. The van der Waals surface area contributed by atoms with Gasteiger partial charge in [-0.15, -0.1) is 0 Å². The van der Waals surface area contributed by atoms with Crippen molar-refractivity contribution in [3.05, 3.63) is 35.4 Å². The van der Waals surface area contributed by atoms with E-state index < -0.39 is 10.8 Å². The van der Waals surface area contributed by atoms with E-state index in [0.29, 0.717) is 17.9 Å². The fraction of sp³-hybridized carbons (Fsp3) is 0.417. The van der Waals surface area contributed by atoms with E-state index in [1.807, 2.05) is 12.1 Å². The molecule has 1 rings (SSSR count). The highest BCUT2D eigenvalue weighted by atomic mass is 32.2. The minimum atomic E-state index is -0.758. The monoisotopic (exact) mass is 255 g/mol. The van der Waals surface area contributed by atoms with E-state index in [-0.39, 0.29) is 5.97 Å². The summed E-state index contributed by atoms with van der Waals surface area (Å²) in [5.41, 5.74) is 1.63. The molecule has 0 aliphatic carbocycles. The smallest absolute Gasteiger partial charge is 0.337 e. The summed E-state index contributed by atoms with van der Waals surface area (Å²) in [7, 11) is 0.606. The molecule has 0 amide bonds. The Morgan fingerprint density at radius 1 is 1.35 bits per heavy atom. The van der Waals surface area contributed by atoms with Gasteiger partial charge in [0.25, 0.3) is 0 Å². The van der Waals surface area contributed by atoms with Crippen LogP contribution in [-0.2, 0) is 22.1 Å². The minimum absolute atomic E-state index is 0.328. The lowest BCUT2D eigenvalue weighted by molar-refractivity contribution is 0.0600. The zero-order valence-electron chi connectivity index (χ0n) is 10.1. The van der Waals surface area contributed by atoms with Gasteiger partial charge >= 0.3 is 5.97 Å². The fourth-order valence-electron chi connectivity index (χ4n) is 1.33. The molecule has 1 atom stereocenters. The topological polar surface area (TPSA) is 55.4 Å². The molecule has 0 saturated heterocycles. The number of carbonyl (C=O) groups excluding carboxylic acids is 1. The lowest BCUT2D eigenvalue weighted by Crippen LogP contribution is -2.19. The van der Waals surface area contributed by atoms with Crippen molar-refractivity contribution in [2.75, 3.05) is 25.7 Å². The number of carbonyl (C=O) groups is 1. The first-order valence-corrected chi connectivity index (χ1v) is 7.04. The molecule has 0 aliphatic heterocycles. The van der Waals surface area contributed by atoms with Gasteiger partial charge in [0, 0.05) is 35.9 Å². The lowest BCUT2D eigenvalue weighted by atomic mass is 10.1. The number of ether oxygens (including phenoxy) is 1. The van der Waals surface area contributed by atoms with Crippen molar-refractivity contribution in [1.29, 1.82) is 0 Å². The summed E-state index contributed by atoms with van der Waals surface area (Å²) in [5, 5.41) is 3.19. The van der Waals surface area contributed by atoms with Crippen molar-refractivity contribution in [3.8, 4) is 0 Å². The van der Waals surface area contributed by atoms with Crippen molar-refractivity contribution < 1.29 is 13.7 Å². The summed E-state index contributed by atoms with van der Waals surface area (Å²) in [6, 6.07) is 7.23. The van der Waals surface area contributed by atoms with Crippen molar-refractivity contribution >= 4 is 16.8 Å². The van der Waals surface area contributed by atoms with E-state index in [0.717, 1.165) is 12.1 Å². The van der Waals surface area contributed by atoms with E-state index in [1.165, 1.54) is 7.11 Å². The summed E-state index contributed by atoms with van der Waals surface area (Å²) < 4.78 is 15.4. The van der Waals surface area contributed by atoms with Crippen LogP contribution in [0.3, 0.4) is 0 Å². The second-order valence-corrected chi connectivity index (χ2v) is 5.20. The van der Waals surface area contributed by atoms with Gasteiger partial charge in [0.1, 0.15) is 0 Å². The van der Waals surface area contributed by atoms with Crippen molar-refractivity contribution in [2.24, 2.45) is 0 Å². The number of nitrogens with one attached hydrogen (secondary N) is 1. The number of hydrogen-bond acceptors (Lipinski definition) is 4. The van der Waals surface area contributed by atoms with E-state index in [2.05, 4.69) is 10.1 Å². The van der Waals surface area contributed by atoms with Crippen LogP contribution in [0.4, 0.5) is 0 Å². The zero-order valence-corrected chi connectivity index (χ0v) is 10.9. The predicted molar refractivity (Wildman–Crippen MR) is 68.4 cm³/mol. The van der Waals surface area contributed by atoms with Crippen molar-refractivity contribution in [1.82, 2.24) is 5.32 Å². The molecular weight excluding hydrogens is 238 g/mol. The van der Waals surface area contributed by atoms with Gasteiger partial charge < -0.3 is 10.1 Å². The number of rotatable bonds is 6. The van der Waals surface area contributed by atoms with E-state index in [9.17, 15) is 9.00 Å². The first-order valence-electron chi connectivity index (χ1n) is 5.31. The summed E-state index contributed by atoms with van der Waals surface area (Å²) in [6.07, 6.45) is 1.69. The van der Waals surface area contributed by atoms with Crippen LogP contribution in [0.2, 0.25) is 0 Å². The molecule has 0 fully saturated rings. The molecule has 1 unspecified atom stereocenters. The Hall–Kier alpha value is -1.20. The summed E-state index contributed by atoms with van der Waals surface area (Å²) in [6.45, 7) is 1.43. The third-order valence-corrected chi connectivity index (χ3v) is 3.05. The zero-order chi connectivity index (χ0) is 12.7. The maximum Gasteiger partial charge on any atom is 0.337 e. The molecule has 1 N–H and O–H groups in total. The molecule has 4 nitrogen and oxygen atoms in total. The molecule has 94 valence electrons. The molecule has 0 saturated carbocycles. The third kappa shape index (κ3) is 5.10. The Morgan fingerprint density at radius 3 is 2.53 bits per heavy atom. The Labute approximate surface area is 104 Å². The molecule has 0 bridgehead atoms. The summed E-state index contributed by atoms with van der Waals surface area (Å²) >= 11 is 0. The van der Waals surface area contributed by atoms with Crippen LogP contribution in [-0.4, -0.2) is 35.8 Å². The van der Waals surface area contributed by atoms with E-state index >= 15 is 0 Å². The second kappa shape index (κ2) is 7.19. The van der Waals surface area contributed by atoms with Crippen LogP contribution < -0.4 is 5.32 Å². The van der Waals surface area contributed by atoms with Gasteiger partial charge in [0.05, 0.1) is 12.7 Å². The van der Waals surface area contributed by atoms with Crippen LogP contribution in [0, 0.1) is 0 Å². The molecule has 0 heterocycles. The number of esters is 1. The molecule has 0 aromatic heterocycles. The average molecular weight is 255 g/mol. The van der Waals surface area contributed by atoms with E-state index in [1.54, 1.807) is 18.4 Å². The molecule has 0 aliphatic rings. The third-order valence-electron chi connectivity index (χ3n) is 2.27. The molecule has 1 aromatic carbocycles. The highest BCUT2D eigenvalue weighted by Gasteiger charge is 2.03.